The molecule has 2 aliphatic rings. The lowest BCUT2D eigenvalue weighted by Crippen LogP contribution is -2.39. The molecule has 4 heterocycles. The summed E-state index contributed by atoms with van der Waals surface area (Å²) in [6, 6.07) is 8.06. The molecule has 0 bridgehead atoms. The maximum Gasteiger partial charge on any atom is 0.256 e. The molecule has 31 heavy (non-hydrogen) atoms. The summed E-state index contributed by atoms with van der Waals surface area (Å²) in [5.41, 5.74) is 2.86. The summed E-state index contributed by atoms with van der Waals surface area (Å²) in [5.74, 6) is 0.101. The Bertz CT molecular complexity index is 1080. The van der Waals surface area contributed by atoms with Gasteiger partial charge in [0.2, 0.25) is 5.95 Å². The zero-order valence-electron chi connectivity index (χ0n) is 17.3. The summed E-state index contributed by atoms with van der Waals surface area (Å²) in [7, 11) is 0. The summed E-state index contributed by atoms with van der Waals surface area (Å²) in [6.07, 6.45) is 7.70. The maximum absolute atomic E-state index is 14.1. The first-order chi connectivity index (χ1) is 15.2. The molecule has 0 aliphatic carbocycles. The fourth-order valence-corrected chi connectivity index (χ4v) is 4.58. The van der Waals surface area contributed by atoms with Crippen LogP contribution in [0.3, 0.4) is 0 Å². The van der Waals surface area contributed by atoms with Gasteiger partial charge in [-0.15, -0.1) is 0 Å². The molecule has 5 rings (SSSR count). The highest BCUT2D eigenvalue weighted by Crippen LogP contribution is 2.33. The molecule has 0 spiro atoms. The predicted octanol–water partition coefficient (Wildman–Crippen LogP) is 3.63. The van der Waals surface area contributed by atoms with Gasteiger partial charge < -0.3 is 9.80 Å². The second-order valence-corrected chi connectivity index (χ2v) is 8.20. The number of carbonyl (C=O) groups excluding carboxylic acids is 1. The number of benzene rings is 1. The average molecular weight is 420 g/mol. The maximum atomic E-state index is 14.1. The molecule has 160 valence electrons. The van der Waals surface area contributed by atoms with Gasteiger partial charge in [-0.1, -0.05) is 12.1 Å². The number of anilines is 1. The van der Waals surface area contributed by atoms with Crippen LogP contribution in [0.15, 0.2) is 42.7 Å². The van der Waals surface area contributed by atoms with Crippen molar-refractivity contribution in [2.45, 2.75) is 31.6 Å². The SMILES string of the molecule is O=C(c1ccccc1F)N1CCC[C@H](c2[nH]ncc2-c2ccnc(N3CCCC3)n2)C1. The highest BCUT2D eigenvalue weighted by Gasteiger charge is 2.29. The van der Waals surface area contributed by atoms with Crippen LogP contribution in [0, 0.1) is 5.82 Å². The fourth-order valence-electron chi connectivity index (χ4n) is 4.58. The fraction of sp³-hybridized carbons (Fsp3) is 0.391. The molecular formula is C23H25FN6O. The molecule has 1 amide bonds. The normalized spacial score (nSPS) is 19.1. The summed E-state index contributed by atoms with van der Waals surface area (Å²) in [6.45, 7) is 3.11. The molecule has 0 unspecified atom stereocenters. The van der Waals surface area contributed by atoms with Crippen molar-refractivity contribution in [3.8, 4) is 11.3 Å². The topological polar surface area (TPSA) is 78.0 Å². The number of piperidine rings is 1. The molecule has 7 nitrogen and oxygen atoms in total. The Balaban J connectivity index is 1.38. The van der Waals surface area contributed by atoms with Crippen LogP contribution in [0.25, 0.3) is 11.3 Å². The molecule has 1 N–H and O–H groups in total. The van der Waals surface area contributed by atoms with Crippen LogP contribution in [0.5, 0.6) is 0 Å². The predicted molar refractivity (Wildman–Crippen MR) is 115 cm³/mol. The van der Waals surface area contributed by atoms with E-state index in [0.717, 1.165) is 48.8 Å². The van der Waals surface area contributed by atoms with E-state index in [-0.39, 0.29) is 17.4 Å². The molecule has 3 aromatic rings. The van der Waals surface area contributed by atoms with Crippen molar-refractivity contribution in [3.05, 3.63) is 59.8 Å². The lowest BCUT2D eigenvalue weighted by atomic mass is 9.91. The van der Waals surface area contributed by atoms with Crippen molar-refractivity contribution in [2.24, 2.45) is 0 Å². The molecule has 2 fully saturated rings. The lowest BCUT2D eigenvalue weighted by Gasteiger charge is -2.33. The van der Waals surface area contributed by atoms with Gasteiger partial charge in [-0.25, -0.2) is 14.4 Å². The Morgan fingerprint density at radius 3 is 2.77 bits per heavy atom. The Hall–Kier alpha value is -3.29. The van der Waals surface area contributed by atoms with Gasteiger partial charge in [-0.2, -0.15) is 5.10 Å². The van der Waals surface area contributed by atoms with E-state index < -0.39 is 5.82 Å². The second kappa shape index (κ2) is 8.45. The minimum Gasteiger partial charge on any atom is -0.341 e. The van der Waals surface area contributed by atoms with Gasteiger partial charge >= 0.3 is 0 Å². The number of amides is 1. The summed E-state index contributed by atoms with van der Waals surface area (Å²) < 4.78 is 14.1. The number of nitrogens with zero attached hydrogens (tertiary/aromatic N) is 5. The third kappa shape index (κ3) is 3.89. The van der Waals surface area contributed by atoms with Gasteiger partial charge in [-0.05, 0) is 43.9 Å². The Kier molecular flexibility index (Phi) is 5.36. The molecule has 2 aliphatic heterocycles. The van der Waals surface area contributed by atoms with Crippen molar-refractivity contribution >= 4 is 11.9 Å². The Labute approximate surface area is 180 Å². The van der Waals surface area contributed by atoms with Crippen LogP contribution < -0.4 is 4.90 Å². The van der Waals surface area contributed by atoms with Crippen LogP contribution in [0.1, 0.15) is 47.7 Å². The van der Waals surface area contributed by atoms with E-state index >= 15 is 0 Å². The molecule has 0 radical (unpaired) electrons. The summed E-state index contributed by atoms with van der Waals surface area (Å²) in [4.78, 5) is 26.1. The molecule has 2 saturated heterocycles. The lowest BCUT2D eigenvalue weighted by molar-refractivity contribution is 0.0701. The molecular weight excluding hydrogens is 395 g/mol. The van der Waals surface area contributed by atoms with Gasteiger partial charge in [0.25, 0.3) is 5.91 Å². The molecule has 8 heteroatoms. The van der Waals surface area contributed by atoms with Crippen LogP contribution in [0.2, 0.25) is 0 Å². The number of halogens is 1. The van der Waals surface area contributed by atoms with Crippen molar-refractivity contribution in [1.29, 1.82) is 0 Å². The van der Waals surface area contributed by atoms with E-state index in [1.54, 1.807) is 35.5 Å². The van der Waals surface area contributed by atoms with Crippen LogP contribution in [-0.4, -0.2) is 57.2 Å². The quantitative estimate of drug-likeness (QED) is 0.697. The number of nitrogens with one attached hydrogen (secondary N) is 1. The minimum absolute atomic E-state index is 0.0900. The standard InChI is InChI=1S/C23H25FN6O/c24-19-8-2-1-7-17(19)22(31)30-13-5-6-16(15-30)21-18(14-26-28-21)20-9-10-25-23(27-20)29-11-3-4-12-29/h1-2,7-10,14,16H,3-6,11-13,15H2,(H,26,28)/t16-/m0/s1. The van der Waals surface area contributed by atoms with Gasteiger partial charge in [0, 0.05) is 49.6 Å². The number of rotatable bonds is 4. The minimum atomic E-state index is -0.479. The molecule has 0 saturated carbocycles. The highest BCUT2D eigenvalue weighted by atomic mass is 19.1. The van der Waals surface area contributed by atoms with Gasteiger partial charge in [-0.3, -0.25) is 9.89 Å². The zero-order valence-corrected chi connectivity index (χ0v) is 17.3. The number of likely N-dealkylation sites (tertiary alicyclic amines) is 1. The molecule has 1 atom stereocenters. The third-order valence-corrected chi connectivity index (χ3v) is 6.20. The average Bonchev–Trinajstić information content (AvgIpc) is 3.52. The Morgan fingerprint density at radius 1 is 1.10 bits per heavy atom. The van der Waals surface area contributed by atoms with Gasteiger partial charge in [0.05, 0.1) is 17.5 Å². The summed E-state index contributed by atoms with van der Waals surface area (Å²) in [5, 5.41) is 7.42. The number of hydrogen-bond donors (Lipinski definition) is 1. The summed E-state index contributed by atoms with van der Waals surface area (Å²) >= 11 is 0. The number of aromatic nitrogens is 4. The highest BCUT2D eigenvalue weighted by molar-refractivity contribution is 5.94. The second-order valence-electron chi connectivity index (χ2n) is 8.20. The number of hydrogen-bond acceptors (Lipinski definition) is 5. The van der Waals surface area contributed by atoms with E-state index in [2.05, 4.69) is 20.1 Å². The van der Waals surface area contributed by atoms with E-state index in [0.29, 0.717) is 13.1 Å². The van der Waals surface area contributed by atoms with Gasteiger partial charge in [0.1, 0.15) is 5.82 Å². The smallest absolute Gasteiger partial charge is 0.256 e. The van der Waals surface area contributed by atoms with E-state index in [1.807, 2.05) is 6.07 Å². The third-order valence-electron chi connectivity index (χ3n) is 6.20. The van der Waals surface area contributed by atoms with Crippen LogP contribution >= 0.6 is 0 Å². The van der Waals surface area contributed by atoms with E-state index in [9.17, 15) is 9.18 Å². The first-order valence-corrected chi connectivity index (χ1v) is 10.9. The van der Waals surface area contributed by atoms with E-state index in [4.69, 9.17) is 4.98 Å². The van der Waals surface area contributed by atoms with Crippen LogP contribution in [-0.2, 0) is 0 Å². The molecule has 1 aromatic carbocycles. The van der Waals surface area contributed by atoms with Crippen molar-refractivity contribution < 1.29 is 9.18 Å². The van der Waals surface area contributed by atoms with Crippen molar-refractivity contribution in [2.75, 3.05) is 31.1 Å². The van der Waals surface area contributed by atoms with Crippen LogP contribution in [0.4, 0.5) is 10.3 Å². The monoisotopic (exact) mass is 420 g/mol. The number of H-pyrrole nitrogens is 1. The van der Waals surface area contributed by atoms with Crippen molar-refractivity contribution in [3.63, 3.8) is 0 Å². The number of carbonyl (C=O) groups is 1. The number of aromatic amines is 1. The first-order valence-electron chi connectivity index (χ1n) is 10.9. The van der Waals surface area contributed by atoms with E-state index in [1.165, 1.54) is 18.9 Å². The zero-order chi connectivity index (χ0) is 21.2. The van der Waals surface area contributed by atoms with Gasteiger partial charge in [0.15, 0.2) is 0 Å². The van der Waals surface area contributed by atoms with Crippen molar-refractivity contribution in [1.82, 2.24) is 25.1 Å². The molecule has 2 aromatic heterocycles. The Morgan fingerprint density at radius 2 is 1.94 bits per heavy atom. The largest absolute Gasteiger partial charge is 0.341 e. The first kappa shape index (κ1) is 19.7.